The van der Waals surface area contributed by atoms with Gasteiger partial charge in [-0.3, -0.25) is 4.79 Å². The van der Waals surface area contributed by atoms with Gasteiger partial charge in [0.05, 0.1) is 26.7 Å². The number of ether oxygens (including phenoxy) is 3. The molecule has 0 bridgehead atoms. The zero-order chi connectivity index (χ0) is 27.1. The molecular weight excluding hydrogens is 482 g/mol. The Hall–Kier alpha value is -4.20. The van der Waals surface area contributed by atoms with Crippen molar-refractivity contribution >= 4 is 17.6 Å². The molecule has 1 heterocycles. The van der Waals surface area contributed by atoms with E-state index >= 15 is 0 Å². The minimum absolute atomic E-state index is 0.0219. The fourth-order valence-electron chi connectivity index (χ4n) is 4.59. The van der Waals surface area contributed by atoms with Gasteiger partial charge in [-0.25, -0.2) is 4.79 Å². The lowest BCUT2D eigenvalue weighted by Gasteiger charge is -2.43. The number of rotatable bonds is 8. The monoisotopic (exact) mass is 517 g/mol. The first-order chi connectivity index (χ1) is 18.4. The maximum absolute atomic E-state index is 13.3. The summed E-state index contributed by atoms with van der Waals surface area (Å²) in [6.45, 7) is 5.55. The Balaban J connectivity index is 1.39. The van der Waals surface area contributed by atoms with E-state index in [1.807, 2.05) is 70.5 Å². The number of para-hydroxylation sites is 1. The van der Waals surface area contributed by atoms with E-state index in [9.17, 15) is 9.59 Å². The summed E-state index contributed by atoms with van der Waals surface area (Å²) >= 11 is 0. The molecule has 0 spiro atoms. The summed E-state index contributed by atoms with van der Waals surface area (Å²) in [7, 11) is 3.16. The Morgan fingerprint density at radius 2 is 1.63 bits per heavy atom. The first kappa shape index (κ1) is 26.9. The molecule has 4 rings (SSSR count). The van der Waals surface area contributed by atoms with Gasteiger partial charge in [-0.15, -0.1) is 0 Å². The number of urea groups is 1. The fraction of sp³-hybridized carbons (Fsp3) is 0.333. The highest BCUT2D eigenvalue weighted by atomic mass is 16.5. The standard InChI is InChI=1S/C30H35N3O5/c1-21(2)26-20-32(29(34)18-22-13-14-27(36-3)28(17-22)37-4)15-16-33(26)30(35)31-23-9-8-12-25(19-23)38-24-10-6-5-7-11-24/h5-14,17,19,21,26H,15-16,18,20H2,1-4H3,(H,31,35). The summed E-state index contributed by atoms with van der Waals surface area (Å²) in [5.41, 5.74) is 1.50. The molecule has 0 saturated carbocycles. The molecule has 1 fully saturated rings. The molecule has 0 aromatic heterocycles. The second kappa shape index (κ2) is 12.4. The predicted octanol–water partition coefficient (Wildman–Crippen LogP) is 5.44. The van der Waals surface area contributed by atoms with E-state index in [0.717, 1.165) is 11.3 Å². The van der Waals surface area contributed by atoms with E-state index in [2.05, 4.69) is 19.2 Å². The van der Waals surface area contributed by atoms with Gasteiger partial charge in [0.15, 0.2) is 11.5 Å². The average molecular weight is 518 g/mol. The summed E-state index contributed by atoms with van der Waals surface area (Å²) in [4.78, 5) is 30.1. The van der Waals surface area contributed by atoms with Crippen molar-refractivity contribution in [1.29, 1.82) is 0 Å². The van der Waals surface area contributed by atoms with Crippen LogP contribution in [0.1, 0.15) is 19.4 Å². The molecular formula is C30H35N3O5. The van der Waals surface area contributed by atoms with Crippen LogP contribution in [0.2, 0.25) is 0 Å². The van der Waals surface area contributed by atoms with Crippen molar-refractivity contribution in [3.8, 4) is 23.0 Å². The number of piperazine rings is 1. The zero-order valence-electron chi connectivity index (χ0n) is 22.3. The summed E-state index contributed by atoms with van der Waals surface area (Å²) in [5, 5.41) is 3.01. The fourth-order valence-corrected chi connectivity index (χ4v) is 4.59. The van der Waals surface area contributed by atoms with Crippen molar-refractivity contribution in [3.05, 3.63) is 78.4 Å². The molecule has 3 aromatic carbocycles. The summed E-state index contributed by atoms with van der Waals surface area (Å²) < 4.78 is 16.6. The third-order valence-electron chi connectivity index (χ3n) is 6.67. The molecule has 1 unspecified atom stereocenters. The first-order valence-electron chi connectivity index (χ1n) is 12.8. The number of anilines is 1. The topological polar surface area (TPSA) is 80.3 Å². The number of carbonyl (C=O) groups is 2. The van der Waals surface area contributed by atoms with Crippen LogP contribution in [-0.2, 0) is 11.2 Å². The third-order valence-corrected chi connectivity index (χ3v) is 6.67. The minimum atomic E-state index is -0.187. The van der Waals surface area contributed by atoms with E-state index in [0.29, 0.717) is 42.6 Å². The quantitative estimate of drug-likeness (QED) is 0.430. The molecule has 0 radical (unpaired) electrons. The van der Waals surface area contributed by atoms with E-state index in [1.54, 1.807) is 26.4 Å². The molecule has 1 aliphatic heterocycles. The van der Waals surface area contributed by atoms with E-state index in [4.69, 9.17) is 14.2 Å². The average Bonchev–Trinajstić information content (AvgIpc) is 2.93. The third kappa shape index (κ3) is 6.56. The van der Waals surface area contributed by atoms with Gasteiger partial charge >= 0.3 is 6.03 Å². The van der Waals surface area contributed by atoms with Crippen molar-refractivity contribution in [2.45, 2.75) is 26.3 Å². The van der Waals surface area contributed by atoms with Gasteiger partial charge in [-0.05, 0) is 47.9 Å². The van der Waals surface area contributed by atoms with Gasteiger partial charge in [0.25, 0.3) is 0 Å². The van der Waals surface area contributed by atoms with Crippen LogP contribution in [-0.4, -0.2) is 61.6 Å². The van der Waals surface area contributed by atoms with Crippen molar-refractivity contribution in [3.63, 3.8) is 0 Å². The molecule has 38 heavy (non-hydrogen) atoms. The highest BCUT2D eigenvalue weighted by molar-refractivity contribution is 5.90. The van der Waals surface area contributed by atoms with Gasteiger partial charge in [-0.2, -0.15) is 0 Å². The summed E-state index contributed by atoms with van der Waals surface area (Å²) in [6.07, 6.45) is 0.256. The Bertz CT molecular complexity index is 1250. The van der Waals surface area contributed by atoms with Gasteiger partial charge in [-0.1, -0.05) is 44.2 Å². The van der Waals surface area contributed by atoms with Crippen LogP contribution in [0.15, 0.2) is 72.8 Å². The highest BCUT2D eigenvalue weighted by Gasteiger charge is 2.34. The molecule has 200 valence electrons. The molecule has 1 aliphatic rings. The van der Waals surface area contributed by atoms with Crippen LogP contribution in [0, 0.1) is 5.92 Å². The SMILES string of the molecule is COc1ccc(CC(=O)N2CCN(C(=O)Nc3cccc(Oc4ccccc4)c3)C(C(C)C)C2)cc1OC. The highest BCUT2D eigenvalue weighted by Crippen LogP contribution is 2.29. The second-order valence-electron chi connectivity index (χ2n) is 9.58. The number of benzene rings is 3. The molecule has 8 heteroatoms. The number of amides is 3. The van der Waals surface area contributed by atoms with Crippen molar-refractivity contribution < 1.29 is 23.8 Å². The molecule has 1 atom stereocenters. The number of hydrogen-bond donors (Lipinski definition) is 1. The zero-order valence-corrected chi connectivity index (χ0v) is 22.3. The number of nitrogens with one attached hydrogen (secondary N) is 1. The Morgan fingerprint density at radius 1 is 0.895 bits per heavy atom. The first-order valence-corrected chi connectivity index (χ1v) is 12.8. The Labute approximate surface area is 224 Å². The summed E-state index contributed by atoms with van der Waals surface area (Å²) in [6, 6.07) is 22.1. The van der Waals surface area contributed by atoms with Crippen LogP contribution in [0.25, 0.3) is 0 Å². The van der Waals surface area contributed by atoms with Crippen molar-refractivity contribution in [2.24, 2.45) is 5.92 Å². The lowest BCUT2D eigenvalue weighted by Crippen LogP contribution is -2.59. The largest absolute Gasteiger partial charge is 0.493 e. The lowest BCUT2D eigenvalue weighted by atomic mass is 9.99. The maximum Gasteiger partial charge on any atom is 0.322 e. The second-order valence-corrected chi connectivity index (χ2v) is 9.58. The number of carbonyl (C=O) groups excluding carboxylic acids is 2. The van der Waals surface area contributed by atoms with Crippen molar-refractivity contribution in [2.75, 3.05) is 39.2 Å². The van der Waals surface area contributed by atoms with Crippen LogP contribution in [0.4, 0.5) is 10.5 Å². The van der Waals surface area contributed by atoms with Crippen LogP contribution in [0.5, 0.6) is 23.0 Å². The minimum Gasteiger partial charge on any atom is -0.493 e. The predicted molar refractivity (Wildman–Crippen MR) is 147 cm³/mol. The van der Waals surface area contributed by atoms with Crippen LogP contribution >= 0.6 is 0 Å². The number of methoxy groups -OCH3 is 2. The molecule has 1 N–H and O–H groups in total. The Morgan fingerprint density at radius 3 is 2.34 bits per heavy atom. The normalized spacial score (nSPS) is 15.2. The Kier molecular flexibility index (Phi) is 8.73. The number of nitrogens with zero attached hydrogens (tertiary/aromatic N) is 2. The van der Waals surface area contributed by atoms with E-state index in [-0.39, 0.29) is 30.3 Å². The molecule has 1 saturated heterocycles. The summed E-state index contributed by atoms with van der Waals surface area (Å²) in [5.74, 6) is 2.78. The molecule has 3 aromatic rings. The van der Waals surface area contributed by atoms with Crippen molar-refractivity contribution in [1.82, 2.24) is 9.80 Å². The van der Waals surface area contributed by atoms with Gasteiger partial charge in [0, 0.05) is 31.4 Å². The molecule has 0 aliphatic carbocycles. The van der Waals surface area contributed by atoms with Crippen LogP contribution < -0.4 is 19.5 Å². The van der Waals surface area contributed by atoms with E-state index in [1.165, 1.54) is 0 Å². The van der Waals surface area contributed by atoms with Gasteiger partial charge < -0.3 is 29.3 Å². The molecule has 3 amide bonds. The number of hydrogen-bond acceptors (Lipinski definition) is 5. The van der Waals surface area contributed by atoms with Gasteiger partial charge in [0.2, 0.25) is 5.91 Å². The lowest BCUT2D eigenvalue weighted by molar-refractivity contribution is -0.133. The smallest absolute Gasteiger partial charge is 0.322 e. The molecule has 8 nitrogen and oxygen atoms in total. The maximum atomic E-state index is 13.3. The van der Waals surface area contributed by atoms with Gasteiger partial charge in [0.1, 0.15) is 11.5 Å². The van der Waals surface area contributed by atoms with Crippen LogP contribution in [0.3, 0.4) is 0 Å². The van der Waals surface area contributed by atoms with E-state index < -0.39 is 0 Å².